The third-order valence-corrected chi connectivity index (χ3v) is 6.79. The minimum absolute atomic E-state index is 0.614. The Morgan fingerprint density at radius 1 is 0.857 bits per heavy atom. The highest BCUT2D eigenvalue weighted by Crippen LogP contribution is 2.43. The molecule has 0 aliphatic carbocycles. The normalized spacial score (nSPS) is 35.9. The Morgan fingerprint density at radius 2 is 1.50 bits per heavy atom. The maximum Gasteiger partial charge on any atom is 0.155 e. The van der Waals surface area contributed by atoms with Crippen molar-refractivity contribution in [2.45, 2.75) is 47.5 Å². The molecule has 2 heterocycles. The van der Waals surface area contributed by atoms with E-state index in [0.29, 0.717) is 10.9 Å². The predicted molar refractivity (Wildman–Crippen MR) is 62.7 cm³/mol. The molecule has 1 heteroatoms. The van der Waals surface area contributed by atoms with Gasteiger partial charge in [0.05, 0.1) is 0 Å². The molecule has 2 fully saturated rings. The minimum atomic E-state index is 0.614. The van der Waals surface area contributed by atoms with Gasteiger partial charge in [-0.3, -0.25) is 0 Å². The molecule has 0 saturated carbocycles. The van der Waals surface area contributed by atoms with Crippen LogP contribution >= 0.6 is 0 Å². The number of fused-ring (bicyclic) bond motifs is 2. The summed E-state index contributed by atoms with van der Waals surface area (Å²) in [5, 5.41) is 2.08. The van der Waals surface area contributed by atoms with E-state index in [1.54, 1.807) is 4.90 Å². The van der Waals surface area contributed by atoms with Gasteiger partial charge in [-0.25, -0.2) is 0 Å². The fourth-order valence-corrected chi connectivity index (χ4v) is 6.38. The largest absolute Gasteiger partial charge is 0.155 e. The zero-order valence-corrected chi connectivity index (χ0v) is 9.30. The Kier molecular flexibility index (Phi) is 2.28. The van der Waals surface area contributed by atoms with Crippen LogP contribution in [0, 0.1) is 0 Å². The molecule has 0 N–H and O–H groups in total. The Morgan fingerprint density at radius 3 is 2.14 bits per heavy atom. The third-order valence-electron chi connectivity index (χ3n) is 3.60. The number of hydrogen-bond acceptors (Lipinski definition) is 0. The quantitative estimate of drug-likeness (QED) is 0.617. The lowest BCUT2D eigenvalue weighted by Crippen LogP contribution is -2.28. The molecule has 0 amide bonds. The summed E-state index contributed by atoms with van der Waals surface area (Å²) in [6, 6.07) is 11.2. The molecule has 74 valence electrons. The van der Waals surface area contributed by atoms with E-state index >= 15 is 0 Å². The van der Waals surface area contributed by atoms with E-state index in [2.05, 4.69) is 30.3 Å². The van der Waals surface area contributed by atoms with Gasteiger partial charge in [-0.15, -0.1) is 0 Å². The summed E-state index contributed by atoms with van der Waals surface area (Å²) in [6.45, 7) is 0. The van der Waals surface area contributed by atoms with Gasteiger partial charge in [0, 0.05) is 23.7 Å². The van der Waals surface area contributed by atoms with Crippen molar-refractivity contribution < 1.29 is 0 Å². The van der Waals surface area contributed by atoms with Crippen molar-refractivity contribution >= 4 is 10.9 Å². The highest BCUT2D eigenvalue weighted by Gasteiger charge is 2.48. The van der Waals surface area contributed by atoms with Crippen LogP contribution < -0.4 is 0 Å². The monoisotopic (exact) mass is 205 g/mol. The summed E-state index contributed by atoms with van der Waals surface area (Å²) in [5.74, 6) is 0. The van der Waals surface area contributed by atoms with Crippen LogP contribution in [0.5, 0.6) is 0 Å². The molecule has 0 aromatic heterocycles. The van der Waals surface area contributed by atoms with Gasteiger partial charge < -0.3 is 0 Å². The molecule has 0 nitrogen and oxygen atoms in total. The molecule has 2 aliphatic heterocycles. The highest BCUT2D eigenvalue weighted by atomic mass is 32.2. The van der Waals surface area contributed by atoms with E-state index < -0.39 is 0 Å². The van der Waals surface area contributed by atoms with Gasteiger partial charge in [0.15, 0.2) is 4.90 Å². The molecule has 1 aromatic rings. The SMILES string of the molecule is c1ccc([S+]2C3CCCC2CC3)cc1. The Balaban J connectivity index is 1.92. The number of rotatable bonds is 1. The topological polar surface area (TPSA) is 0 Å². The van der Waals surface area contributed by atoms with Gasteiger partial charge in [-0.1, -0.05) is 18.2 Å². The molecule has 1 aromatic carbocycles. The summed E-state index contributed by atoms with van der Waals surface area (Å²) in [6.07, 6.45) is 7.49. The maximum atomic E-state index is 2.35. The molecule has 2 aliphatic rings. The first-order valence-corrected chi connectivity index (χ1v) is 7.07. The lowest BCUT2D eigenvalue weighted by molar-refractivity contribution is 0.677. The third kappa shape index (κ3) is 1.38. The van der Waals surface area contributed by atoms with E-state index in [1.165, 1.54) is 32.1 Å². The molecule has 2 atom stereocenters. The van der Waals surface area contributed by atoms with Crippen molar-refractivity contribution in [2.24, 2.45) is 0 Å². The van der Waals surface area contributed by atoms with E-state index in [4.69, 9.17) is 0 Å². The zero-order chi connectivity index (χ0) is 9.38. The standard InChI is InChI=1S/C13H17S/c1-2-5-11(6-3-1)14-12-7-4-8-13(14)10-9-12/h1-3,5-6,12-13H,4,7-10H2/q+1. The second kappa shape index (κ2) is 3.62. The summed E-state index contributed by atoms with van der Waals surface area (Å²) >= 11 is 0. The first kappa shape index (κ1) is 8.84. The molecule has 2 saturated heterocycles. The molecule has 0 spiro atoms. The summed E-state index contributed by atoms with van der Waals surface area (Å²) in [4.78, 5) is 1.64. The van der Waals surface area contributed by atoms with E-state index in [9.17, 15) is 0 Å². The molecule has 2 bridgehead atoms. The molecule has 14 heavy (non-hydrogen) atoms. The van der Waals surface area contributed by atoms with E-state index in [0.717, 1.165) is 10.5 Å². The van der Waals surface area contributed by atoms with Crippen LogP contribution in [0.15, 0.2) is 35.2 Å². The fourth-order valence-electron chi connectivity index (χ4n) is 2.98. The van der Waals surface area contributed by atoms with Crippen molar-refractivity contribution in [1.29, 1.82) is 0 Å². The van der Waals surface area contributed by atoms with Gasteiger partial charge >= 0.3 is 0 Å². The van der Waals surface area contributed by atoms with Crippen LogP contribution in [-0.4, -0.2) is 10.5 Å². The lowest BCUT2D eigenvalue weighted by Gasteiger charge is -2.21. The van der Waals surface area contributed by atoms with Crippen LogP contribution in [-0.2, 0) is 10.9 Å². The van der Waals surface area contributed by atoms with Crippen molar-refractivity contribution in [2.75, 3.05) is 0 Å². The van der Waals surface area contributed by atoms with Crippen molar-refractivity contribution in [1.82, 2.24) is 0 Å². The van der Waals surface area contributed by atoms with Crippen LogP contribution in [0.1, 0.15) is 32.1 Å². The van der Waals surface area contributed by atoms with Crippen LogP contribution in [0.2, 0.25) is 0 Å². The van der Waals surface area contributed by atoms with Crippen molar-refractivity contribution in [3.8, 4) is 0 Å². The number of benzene rings is 1. The summed E-state index contributed by atoms with van der Waals surface area (Å²) in [7, 11) is 0.614. The molecule has 2 unspecified atom stereocenters. The van der Waals surface area contributed by atoms with Crippen molar-refractivity contribution in [3.05, 3.63) is 30.3 Å². The van der Waals surface area contributed by atoms with E-state index in [1.807, 2.05) is 0 Å². The van der Waals surface area contributed by atoms with Gasteiger partial charge in [-0.2, -0.15) is 0 Å². The molecular weight excluding hydrogens is 188 g/mol. The highest BCUT2D eigenvalue weighted by molar-refractivity contribution is 7.98. The Bertz CT molecular complexity index is 290. The maximum absolute atomic E-state index is 2.35. The smallest absolute Gasteiger partial charge is 0.0619 e. The summed E-state index contributed by atoms with van der Waals surface area (Å²) in [5.41, 5.74) is 0. The minimum Gasteiger partial charge on any atom is -0.0619 e. The Hall–Kier alpha value is -0.430. The number of hydrogen-bond donors (Lipinski definition) is 0. The molecule has 3 rings (SSSR count). The van der Waals surface area contributed by atoms with Gasteiger partial charge in [0.1, 0.15) is 10.5 Å². The Labute approximate surface area is 89.1 Å². The summed E-state index contributed by atoms with van der Waals surface area (Å²) < 4.78 is 0. The van der Waals surface area contributed by atoms with Gasteiger partial charge in [0.2, 0.25) is 0 Å². The molecular formula is C13H17S+. The predicted octanol–water partition coefficient (Wildman–Crippen LogP) is 3.38. The van der Waals surface area contributed by atoms with E-state index in [-0.39, 0.29) is 0 Å². The first-order chi connectivity index (χ1) is 6.95. The van der Waals surface area contributed by atoms with Crippen LogP contribution in [0.4, 0.5) is 0 Å². The average molecular weight is 205 g/mol. The van der Waals surface area contributed by atoms with Crippen LogP contribution in [0.3, 0.4) is 0 Å². The zero-order valence-electron chi connectivity index (χ0n) is 8.49. The first-order valence-electron chi connectivity index (χ1n) is 5.72. The lowest BCUT2D eigenvalue weighted by atomic mass is 10.2. The second-order valence-electron chi connectivity index (χ2n) is 4.44. The second-order valence-corrected chi connectivity index (χ2v) is 6.99. The van der Waals surface area contributed by atoms with Gasteiger partial charge in [-0.05, 0) is 31.4 Å². The van der Waals surface area contributed by atoms with Crippen molar-refractivity contribution in [3.63, 3.8) is 0 Å². The van der Waals surface area contributed by atoms with Crippen LogP contribution in [0.25, 0.3) is 0 Å². The fraction of sp³-hybridized carbons (Fsp3) is 0.538. The van der Waals surface area contributed by atoms with Gasteiger partial charge in [0.25, 0.3) is 0 Å². The molecule has 0 radical (unpaired) electrons. The average Bonchev–Trinajstić information content (AvgIpc) is 2.50.